The quantitative estimate of drug-likeness (QED) is 0.690. The first-order valence-electron chi connectivity index (χ1n) is 9.79. The fraction of sp³-hybridized carbons (Fsp3) is 0.348. The molecule has 1 atom stereocenters. The number of nitrogens with zero attached hydrogens (tertiary/aromatic N) is 3. The average molecular weight is 375 g/mol. The van der Waals surface area contributed by atoms with Crippen molar-refractivity contribution < 1.29 is 9.53 Å². The van der Waals surface area contributed by atoms with Gasteiger partial charge in [-0.2, -0.15) is 0 Å². The number of carbonyl (C=O) groups is 1. The zero-order valence-corrected chi connectivity index (χ0v) is 16.4. The minimum Gasteiger partial charge on any atom is -0.370 e. The maximum atomic E-state index is 13.3. The van der Waals surface area contributed by atoms with Crippen LogP contribution in [0.2, 0.25) is 0 Å². The van der Waals surface area contributed by atoms with Gasteiger partial charge >= 0.3 is 0 Å². The van der Waals surface area contributed by atoms with E-state index in [2.05, 4.69) is 9.97 Å². The van der Waals surface area contributed by atoms with Crippen LogP contribution in [0.15, 0.2) is 48.7 Å². The van der Waals surface area contributed by atoms with Crippen LogP contribution in [-0.4, -0.2) is 40.0 Å². The van der Waals surface area contributed by atoms with Gasteiger partial charge in [0.05, 0.1) is 29.5 Å². The molecule has 1 amide bonds. The molecule has 1 unspecified atom stereocenters. The van der Waals surface area contributed by atoms with Crippen LogP contribution in [0.5, 0.6) is 0 Å². The summed E-state index contributed by atoms with van der Waals surface area (Å²) in [6, 6.07) is 13.8. The smallest absolute Gasteiger partial charge is 0.254 e. The Labute approximate surface area is 165 Å². The van der Waals surface area contributed by atoms with Gasteiger partial charge in [-0.05, 0) is 57.0 Å². The molecule has 1 aromatic carbocycles. The normalized spacial score (nSPS) is 17.1. The number of amides is 1. The third kappa shape index (κ3) is 4.04. The molecule has 3 aromatic rings. The highest BCUT2D eigenvalue weighted by molar-refractivity contribution is 6.06. The van der Waals surface area contributed by atoms with Gasteiger partial charge in [-0.1, -0.05) is 17.7 Å². The lowest BCUT2D eigenvalue weighted by Crippen LogP contribution is -2.43. The molecular weight excluding hydrogens is 350 g/mol. The summed E-state index contributed by atoms with van der Waals surface area (Å²) in [5.41, 5.74) is 4.50. The van der Waals surface area contributed by atoms with Crippen molar-refractivity contribution in [3.63, 3.8) is 0 Å². The van der Waals surface area contributed by atoms with Crippen LogP contribution in [0, 0.1) is 13.8 Å². The minimum atomic E-state index is 0.0376. The highest BCUT2D eigenvalue weighted by Gasteiger charge is 2.26. The van der Waals surface area contributed by atoms with Gasteiger partial charge in [0.25, 0.3) is 5.91 Å². The fourth-order valence-corrected chi connectivity index (χ4v) is 3.76. The van der Waals surface area contributed by atoms with E-state index in [0.717, 1.165) is 52.8 Å². The Kier molecular flexibility index (Phi) is 5.35. The molecule has 0 saturated carbocycles. The second-order valence-electron chi connectivity index (χ2n) is 7.48. The minimum absolute atomic E-state index is 0.0376. The van der Waals surface area contributed by atoms with Crippen molar-refractivity contribution in [2.75, 3.05) is 13.1 Å². The molecule has 1 saturated heterocycles. The molecule has 0 bridgehead atoms. The Balaban J connectivity index is 1.51. The average Bonchev–Trinajstić information content (AvgIpc) is 2.72. The van der Waals surface area contributed by atoms with Gasteiger partial charge in [0.1, 0.15) is 0 Å². The van der Waals surface area contributed by atoms with Gasteiger partial charge < -0.3 is 9.64 Å². The van der Waals surface area contributed by atoms with Crippen LogP contribution < -0.4 is 0 Å². The van der Waals surface area contributed by atoms with Crippen LogP contribution in [-0.2, 0) is 11.3 Å². The molecule has 0 radical (unpaired) electrons. The van der Waals surface area contributed by atoms with E-state index in [4.69, 9.17) is 4.74 Å². The molecule has 28 heavy (non-hydrogen) atoms. The number of hydrogen-bond donors (Lipinski definition) is 0. The third-order valence-corrected chi connectivity index (χ3v) is 5.18. The van der Waals surface area contributed by atoms with Crippen molar-refractivity contribution in [2.24, 2.45) is 0 Å². The highest BCUT2D eigenvalue weighted by Crippen LogP contribution is 2.24. The van der Waals surface area contributed by atoms with E-state index in [-0.39, 0.29) is 12.0 Å². The predicted molar refractivity (Wildman–Crippen MR) is 109 cm³/mol. The second-order valence-corrected chi connectivity index (χ2v) is 7.48. The molecule has 4 rings (SSSR count). The van der Waals surface area contributed by atoms with Gasteiger partial charge in [-0.15, -0.1) is 0 Å². The largest absolute Gasteiger partial charge is 0.370 e. The maximum absolute atomic E-state index is 13.3. The Hall–Kier alpha value is -2.79. The van der Waals surface area contributed by atoms with Crippen LogP contribution in [0.25, 0.3) is 10.9 Å². The molecule has 2 aromatic heterocycles. The number of carbonyl (C=O) groups excluding carboxylic acids is 1. The Bertz CT molecular complexity index is 988. The summed E-state index contributed by atoms with van der Waals surface area (Å²) in [5, 5.41) is 0.923. The first kappa shape index (κ1) is 18.6. The predicted octanol–water partition coefficient (Wildman–Crippen LogP) is 4.07. The molecule has 3 heterocycles. The van der Waals surface area contributed by atoms with Gasteiger partial charge in [-0.25, -0.2) is 0 Å². The molecule has 1 aliphatic rings. The topological polar surface area (TPSA) is 55.3 Å². The summed E-state index contributed by atoms with van der Waals surface area (Å²) in [6.07, 6.45) is 3.72. The number of aromatic nitrogens is 2. The van der Waals surface area contributed by atoms with Crippen LogP contribution in [0.3, 0.4) is 0 Å². The SMILES string of the molecule is Cc1ccc2nc(C)cc(C(=O)N3CCCC(OCc4ccccn4)C3)c2c1. The lowest BCUT2D eigenvalue weighted by molar-refractivity contribution is -0.00780. The van der Waals surface area contributed by atoms with Crippen molar-refractivity contribution in [3.8, 4) is 0 Å². The number of rotatable bonds is 4. The van der Waals surface area contributed by atoms with Crippen molar-refractivity contribution in [3.05, 3.63) is 71.2 Å². The van der Waals surface area contributed by atoms with E-state index in [9.17, 15) is 4.79 Å². The molecule has 1 fully saturated rings. The van der Waals surface area contributed by atoms with Crippen LogP contribution >= 0.6 is 0 Å². The number of hydrogen-bond acceptors (Lipinski definition) is 4. The molecule has 5 nitrogen and oxygen atoms in total. The molecule has 0 N–H and O–H groups in total. The highest BCUT2D eigenvalue weighted by atomic mass is 16.5. The third-order valence-electron chi connectivity index (χ3n) is 5.18. The molecule has 5 heteroatoms. The van der Waals surface area contributed by atoms with Gasteiger partial charge in [0, 0.05) is 30.4 Å². The summed E-state index contributed by atoms with van der Waals surface area (Å²) >= 11 is 0. The van der Waals surface area contributed by atoms with E-state index in [1.165, 1.54) is 0 Å². The zero-order valence-electron chi connectivity index (χ0n) is 16.4. The van der Waals surface area contributed by atoms with Gasteiger partial charge in [0.15, 0.2) is 0 Å². The number of benzene rings is 1. The number of piperidine rings is 1. The number of pyridine rings is 2. The van der Waals surface area contributed by atoms with Gasteiger partial charge in [-0.3, -0.25) is 14.8 Å². The van der Waals surface area contributed by atoms with Crippen LogP contribution in [0.4, 0.5) is 0 Å². The summed E-state index contributed by atoms with van der Waals surface area (Å²) in [7, 11) is 0. The summed E-state index contributed by atoms with van der Waals surface area (Å²) in [5.74, 6) is 0.0623. The number of ether oxygens (including phenoxy) is 1. The van der Waals surface area contributed by atoms with Crippen molar-refractivity contribution in [1.82, 2.24) is 14.9 Å². The van der Waals surface area contributed by atoms with Crippen molar-refractivity contribution >= 4 is 16.8 Å². The first-order chi connectivity index (χ1) is 13.6. The summed E-state index contributed by atoms with van der Waals surface area (Å²) in [4.78, 5) is 24.1. The van der Waals surface area contributed by atoms with E-state index in [0.29, 0.717) is 13.2 Å². The first-order valence-corrected chi connectivity index (χ1v) is 9.79. The fourth-order valence-electron chi connectivity index (χ4n) is 3.76. The van der Waals surface area contributed by atoms with Crippen molar-refractivity contribution in [1.29, 1.82) is 0 Å². The summed E-state index contributed by atoms with van der Waals surface area (Å²) in [6.45, 7) is 5.82. The van der Waals surface area contributed by atoms with E-state index in [1.54, 1.807) is 6.20 Å². The lowest BCUT2D eigenvalue weighted by Gasteiger charge is -2.33. The lowest BCUT2D eigenvalue weighted by atomic mass is 10.0. The Morgan fingerprint density at radius 1 is 1.21 bits per heavy atom. The number of fused-ring (bicyclic) bond motifs is 1. The van der Waals surface area contributed by atoms with Crippen molar-refractivity contribution in [2.45, 2.75) is 39.4 Å². The number of likely N-dealkylation sites (tertiary alicyclic amines) is 1. The standard InChI is InChI=1S/C23H25N3O2/c1-16-8-9-22-20(12-16)21(13-17(2)25-22)23(27)26-11-5-7-19(14-26)28-15-18-6-3-4-10-24-18/h3-4,6,8-10,12-13,19H,5,7,11,14-15H2,1-2H3. The summed E-state index contributed by atoms with van der Waals surface area (Å²) < 4.78 is 6.05. The van der Waals surface area contributed by atoms with E-state index >= 15 is 0 Å². The zero-order chi connectivity index (χ0) is 19.5. The molecule has 1 aliphatic heterocycles. The Morgan fingerprint density at radius 3 is 2.93 bits per heavy atom. The van der Waals surface area contributed by atoms with E-state index in [1.807, 2.05) is 61.2 Å². The van der Waals surface area contributed by atoms with E-state index < -0.39 is 0 Å². The molecule has 144 valence electrons. The van der Waals surface area contributed by atoms with Crippen LogP contribution in [0.1, 0.15) is 40.2 Å². The second kappa shape index (κ2) is 8.07. The monoisotopic (exact) mass is 375 g/mol. The molecule has 0 aliphatic carbocycles. The van der Waals surface area contributed by atoms with Gasteiger partial charge in [0.2, 0.25) is 0 Å². The maximum Gasteiger partial charge on any atom is 0.254 e. The molecule has 0 spiro atoms. The Morgan fingerprint density at radius 2 is 2.11 bits per heavy atom. The molecular formula is C23H25N3O2. The number of aryl methyl sites for hydroxylation is 2.